The third kappa shape index (κ3) is 3.94. The van der Waals surface area contributed by atoms with Crippen molar-refractivity contribution < 1.29 is 4.74 Å². The Hall–Kier alpha value is 0.270. The molecule has 1 saturated carbocycles. The summed E-state index contributed by atoms with van der Waals surface area (Å²) in [6.07, 6.45) is 8.69. The lowest BCUT2D eigenvalue weighted by Crippen LogP contribution is -2.35. The predicted octanol–water partition coefficient (Wildman–Crippen LogP) is 2.82. The molecule has 0 aromatic rings. The average molecular weight is 243 g/mol. The second-order valence-corrected chi connectivity index (χ2v) is 6.34. The average Bonchev–Trinajstić information content (AvgIpc) is 2.80. The summed E-state index contributed by atoms with van der Waals surface area (Å²) in [5.41, 5.74) is 0. The smallest absolute Gasteiger partial charge is 0.0666 e. The van der Waals surface area contributed by atoms with E-state index in [9.17, 15) is 0 Å². The zero-order valence-electron chi connectivity index (χ0n) is 10.4. The van der Waals surface area contributed by atoms with Crippen molar-refractivity contribution in [1.82, 2.24) is 5.32 Å². The van der Waals surface area contributed by atoms with Gasteiger partial charge < -0.3 is 10.1 Å². The first-order valence-electron chi connectivity index (χ1n) is 6.85. The van der Waals surface area contributed by atoms with E-state index in [4.69, 9.17) is 4.74 Å². The zero-order valence-corrected chi connectivity index (χ0v) is 11.2. The molecular formula is C13H25NOS. The minimum absolute atomic E-state index is 0.560. The number of ether oxygens (including phenoxy) is 1. The summed E-state index contributed by atoms with van der Waals surface area (Å²) < 4.78 is 5.68. The van der Waals surface area contributed by atoms with E-state index in [1.165, 1.54) is 44.3 Å². The summed E-state index contributed by atoms with van der Waals surface area (Å²) >= 11 is 2.16. The Kier molecular flexibility index (Phi) is 5.46. The van der Waals surface area contributed by atoms with Crippen molar-refractivity contribution in [2.24, 2.45) is 0 Å². The fraction of sp³-hybridized carbons (Fsp3) is 1.00. The molecule has 1 N–H and O–H groups in total. The maximum Gasteiger partial charge on any atom is 0.0666 e. The second-order valence-electron chi connectivity index (χ2n) is 5.01. The third-order valence-corrected chi connectivity index (χ3v) is 5.12. The molecule has 1 saturated heterocycles. The van der Waals surface area contributed by atoms with Crippen molar-refractivity contribution in [3.05, 3.63) is 0 Å². The van der Waals surface area contributed by atoms with Gasteiger partial charge in [-0.2, -0.15) is 11.8 Å². The molecule has 2 nitrogen and oxygen atoms in total. The van der Waals surface area contributed by atoms with Gasteiger partial charge in [0.15, 0.2) is 0 Å². The van der Waals surface area contributed by atoms with E-state index < -0.39 is 0 Å². The zero-order chi connectivity index (χ0) is 11.2. The predicted molar refractivity (Wildman–Crippen MR) is 71.2 cm³/mol. The standard InChI is InChI=1S/C13H25NOS/c1-2-14-11-5-3-7-13(9-11)16-10-12-6-4-8-15-12/h11-14H,2-10H2,1H3. The van der Waals surface area contributed by atoms with Crippen LogP contribution in [0.4, 0.5) is 0 Å². The summed E-state index contributed by atoms with van der Waals surface area (Å²) in [6.45, 7) is 4.33. The molecule has 3 heteroatoms. The van der Waals surface area contributed by atoms with E-state index >= 15 is 0 Å². The molecule has 3 unspecified atom stereocenters. The minimum Gasteiger partial charge on any atom is -0.377 e. The van der Waals surface area contributed by atoms with Gasteiger partial charge in [-0.3, -0.25) is 0 Å². The van der Waals surface area contributed by atoms with E-state index in [2.05, 4.69) is 24.0 Å². The van der Waals surface area contributed by atoms with Crippen LogP contribution in [0.1, 0.15) is 45.4 Å². The van der Waals surface area contributed by atoms with Gasteiger partial charge in [-0.15, -0.1) is 0 Å². The summed E-state index contributed by atoms with van der Waals surface area (Å²) in [6, 6.07) is 0.778. The van der Waals surface area contributed by atoms with Gasteiger partial charge in [0.2, 0.25) is 0 Å². The quantitative estimate of drug-likeness (QED) is 0.802. The highest BCUT2D eigenvalue weighted by Gasteiger charge is 2.23. The second kappa shape index (κ2) is 6.87. The maximum absolute atomic E-state index is 5.68. The number of hydrogen-bond donors (Lipinski definition) is 1. The van der Waals surface area contributed by atoms with E-state index in [1.54, 1.807) is 0 Å². The largest absolute Gasteiger partial charge is 0.377 e. The van der Waals surface area contributed by atoms with Crippen molar-refractivity contribution in [2.45, 2.75) is 62.8 Å². The molecular weight excluding hydrogens is 218 g/mol. The summed E-state index contributed by atoms with van der Waals surface area (Å²) in [7, 11) is 0. The van der Waals surface area contributed by atoms with Crippen LogP contribution in [0.2, 0.25) is 0 Å². The highest BCUT2D eigenvalue weighted by molar-refractivity contribution is 7.99. The molecule has 94 valence electrons. The maximum atomic E-state index is 5.68. The van der Waals surface area contributed by atoms with Gasteiger partial charge in [-0.25, -0.2) is 0 Å². The number of rotatable bonds is 5. The van der Waals surface area contributed by atoms with Gasteiger partial charge in [-0.05, 0) is 38.6 Å². The fourth-order valence-electron chi connectivity index (χ4n) is 2.79. The Bertz CT molecular complexity index is 192. The fourth-order valence-corrected chi connectivity index (χ4v) is 4.24. The Morgan fingerprint density at radius 3 is 2.94 bits per heavy atom. The third-order valence-electron chi connectivity index (χ3n) is 3.66. The van der Waals surface area contributed by atoms with E-state index in [1.807, 2.05) is 0 Å². The molecule has 1 aliphatic carbocycles. The first-order chi connectivity index (χ1) is 7.88. The molecule has 2 rings (SSSR count). The summed E-state index contributed by atoms with van der Waals surface area (Å²) in [5.74, 6) is 1.23. The SMILES string of the molecule is CCNC1CCCC(SCC2CCCO2)C1. The minimum atomic E-state index is 0.560. The van der Waals surface area contributed by atoms with E-state index in [0.29, 0.717) is 6.10 Å². The van der Waals surface area contributed by atoms with E-state index in [-0.39, 0.29) is 0 Å². The van der Waals surface area contributed by atoms with Gasteiger partial charge >= 0.3 is 0 Å². The summed E-state index contributed by atoms with van der Waals surface area (Å²) in [4.78, 5) is 0. The molecule has 0 radical (unpaired) electrons. The van der Waals surface area contributed by atoms with Crippen LogP contribution >= 0.6 is 11.8 Å². The molecule has 1 heterocycles. The first kappa shape index (κ1) is 12.7. The van der Waals surface area contributed by atoms with Crippen molar-refractivity contribution in [2.75, 3.05) is 18.9 Å². The van der Waals surface area contributed by atoms with Crippen LogP contribution < -0.4 is 5.32 Å². The molecule has 0 bridgehead atoms. The Balaban J connectivity index is 1.64. The Morgan fingerprint density at radius 1 is 1.25 bits per heavy atom. The van der Waals surface area contributed by atoms with Crippen LogP contribution in [0.15, 0.2) is 0 Å². The van der Waals surface area contributed by atoms with Gasteiger partial charge in [-0.1, -0.05) is 13.3 Å². The Labute approximate surface area is 104 Å². The highest BCUT2D eigenvalue weighted by atomic mass is 32.2. The topological polar surface area (TPSA) is 21.3 Å². The van der Waals surface area contributed by atoms with Crippen LogP contribution in [-0.4, -0.2) is 36.3 Å². The number of nitrogens with one attached hydrogen (secondary N) is 1. The van der Waals surface area contributed by atoms with Crippen molar-refractivity contribution in [3.8, 4) is 0 Å². The number of hydrogen-bond acceptors (Lipinski definition) is 3. The van der Waals surface area contributed by atoms with Crippen LogP contribution in [-0.2, 0) is 4.74 Å². The van der Waals surface area contributed by atoms with Crippen molar-refractivity contribution in [3.63, 3.8) is 0 Å². The lowest BCUT2D eigenvalue weighted by atomic mass is 9.95. The van der Waals surface area contributed by atoms with Crippen molar-refractivity contribution in [1.29, 1.82) is 0 Å². The van der Waals surface area contributed by atoms with Crippen LogP contribution in [0.5, 0.6) is 0 Å². The first-order valence-corrected chi connectivity index (χ1v) is 7.90. The van der Waals surface area contributed by atoms with Crippen molar-refractivity contribution >= 4 is 11.8 Å². The van der Waals surface area contributed by atoms with Gasteiger partial charge in [0.05, 0.1) is 6.10 Å². The summed E-state index contributed by atoms with van der Waals surface area (Å²) in [5, 5.41) is 4.47. The molecule has 0 aromatic carbocycles. The molecule has 1 aliphatic heterocycles. The molecule has 0 spiro atoms. The van der Waals surface area contributed by atoms with Gasteiger partial charge in [0.25, 0.3) is 0 Å². The van der Waals surface area contributed by atoms with Crippen LogP contribution in [0.3, 0.4) is 0 Å². The lowest BCUT2D eigenvalue weighted by molar-refractivity contribution is 0.128. The molecule has 3 atom stereocenters. The van der Waals surface area contributed by atoms with Gasteiger partial charge in [0, 0.05) is 23.7 Å². The lowest BCUT2D eigenvalue weighted by Gasteiger charge is -2.29. The molecule has 0 aromatic heterocycles. The number of thioether (sulfide) groups is 1. The molecule has 2 fully saturated rings. The molecule has 2 aliphatic rings. The van der Waals surface area contributed by atoms with Gasteiger partial charge in [0.1, 0.15) is 0 Å². The normalized spacial score (nSPS) is 35.4. The van der Waals surface area contributed by atoms with E-state index in [0.717, 1.165) is 24.4 Å². The monoisotopic (exact) mass is 243 g/mol. The Morgan fingerprint density at radius 2 is 2.19 bits per heavy atom. The van der Waals surface area contributed by atoms with Crippen LogP contribution in [0.25, 0.3) is 0 Å². The molecule has 0 amide bonds. The highest BCUT2D eigenvalue weighted by Crippen LogP contribution is 2.30. The molecule has 16 heavy (non-hydrogen) atoms. The van der Waals surface area contributed by atoms with Crippen LogP contribution in [0, 0.1) is 0 Å².